The average Bonchev–Trinajstić information content (AvgIpc) is 3.15. The van der Waals surface area contributed by atoms with Gasteiger partial charge in [-0.15, -0.1) is 0 Å². The van der Waals surface area contributed by atoms with Crippen LogP contribution in [0.1, 0.15) is 23.2 Å². The third-order valence-corrected chi connectivity index (χ3v) is 5.91. The minimum absolute atomic E-state index is 0.180. The second kappa shape index (κ2) is 9.56. The number of nitrogens with one attached hydrogen (secondary N) is 2. The van der Waals surface area contributed by atoms with E-state index in [2.05, 4.69) is 10.6 Å². The molecule has 7 nitrogen and oxygen atoms in total. The molecule has 1 aliphatic carbocycles. The molecule has 2 amide bonds. The van der Waals surface area contributed by atoms with E-state index in [0.717, 1.165) is 6.07 Å². The number of carbonyl (C=O) groups is 2. The maximum atomic E-state index is 14.8. The quantitative estimate of drug-likeness (QED) is 0.535. The van der Waals surface area contributed by atoms with E-state index in [9.17, 15) is 18.8 Å². The van der Waals surface area contributed by atoms with Crippen molar-refractivity contribution < 1.29 is 14.0 Å². The van der Waals surface area contributed by atoms with Gasteiger partial charge in [-0.05, 0) is 61.4 Å². The Hall–Kier alpha value is -3.49. The normalized spacial score (nSPS) is 19.8. The van der Waals surface area contributed by atoms with Gasteiger partial charge in [-0.2, -0.15) is 0 Å². The Bertz CT molecular complexity index is 1240. The van der Waals surface area contributed by atoms with Crippen molar-refractivity contribution >= 4 is 29.1 Å². The fourth-order valence-electron chi connectivity index (χ4n) is 4.02. The molecular formula is C24H22ClFN4O3. The van der Waals surface area contributed by atoms with Gasteiger partial charge in [0.1, 0.15) is 5.82 Å². The number of benzene rings is 2. The molecule has 2 aromatic carbocycles. The van der Waals surface area contributed by atoms with E-state index >= 15 is 0 Å². The molecule has 0 spiro atoms. The molecule has 3 aromatic rings. The first-order valence-electron chi connectivity index (χ1n) is 10.4. The molecule has 0 bridgehead atoms. The fraction of sp³-hybridized carbons (Fsp3) is 0.208. The third-order valence-electron chi connectivity index (χ3n) is 5.66. The summed E-state index contributed by atoms with van der Waals surface area (Å²) in [7, 11) is 0. The number of halogens is 2. The number of amides is 2. The predicted octanol–water partition coefficient (Wildman–Crippen LogP) is 3.10. The van der Waals surface area contributed by atoms with Crippen LogP contribution in [0.4, 0.5) is 10.1 Å². The van der Waals surface area contributed by atoms with Crippen molar-refractivity contribution in [2.45, 2.75) is 24.9 Å². The van der Waals surface area contributed by atoms with Gasteiger partial charge in [-0.1, -0.05) is 17.7 Å². The summed E-state index contributed by atoms with van der Waals surface area (Å²) in [4.78, 5) is 37.6. The van der Waals surface area contributed by atoms with E-state index in [4.69, 9.17) is 17.3 Å². The molecule has 1 saturated carbocycles. The minimum atomic E-state index is -0.773. The van der Waals surface area contributed by atoms with Gasteiger partial charge in [0.2, 0.25) is 5.91 Å². The van der Waals surface area contributed by atoms with E-state index in [1.807, 2.05) is 0 Å². The van der Waals surface area contributed by atoms with Gasteiger partial charge in [0.15, 0.2) is 0 Å². The lowest BCUT2D eigenvalue weighted by Crippen LogP contribution is -2.42. The smallest absolute Gasteiger partial charge is 0.255 e. The molecule has 4 rings (SSSR count). The molecule has 0 radical (unpaired) electrons. The standard InChI is InChI=1S/C24H22ClFN4O3/c25-14-4-6-16(7-5-14)28-24(33)19-11-15(27)12-21(19)29-23(32)18-9-8-17(13-20(18)26)30-10-2-1-3-22(30)31/h1-10,13,15,19,21H,11-12,27H2,(H,28,33)(H,29,32)/t15?,19-,21+/m0/s1. The highest BCUT2D eigenvalue weighted by Gasteiger charge is 2.38. The number of anilines is 1. The van der Waals surface area contributed by atoms with E-state index < -0.39 is 23.7 Å². The second-order valence-corrected chi connectivity index (χ2v) is 8.42. The van der Waals surface area contributed by atoms with Crippen molar-refractivity contribution in [2.24, 2.45) is 11.7 Å². The number of carbonyl (C=O) groups excluding carboxylic acids is 2. The van der Waals surface area contributed by atoms with Crippen molar-refractivity contribution in [1.29, 1.82) is 0 Å². The summed E-state index contributed by atoms with van der Waals surface area (Å²) in [6.45, 7) is 0. The van der Waals surface area contributed by atoms with Crippen LogP contribution in [0.3, 0.4) is 0 Å². The Balaban J connectivity index is 1.48. The number of nitrogens with zero attached hydrogens (tertiary/aromatic N) is 1. The molecule has 0 aliphatic heterocycles. The first-order valence-corrected chi connectivity index (χ1v) is 10.8. The van der Waals surface area contributed by atoms with Crippen LogP contribution >= 0.6 is 11.6 Å². The predicted molar refractivity (Wildman–Crippen MR) is 124 cm³/mol. The first kappa shape index (κ1) is 22.7. The van der Waals surface area contributed by atoms with Crippen molar-refractivity contribution in [3.05, 3.63) is 93.6 Å². The third kappa shape index (κ3) is 5.13. The second-order valence-electron chi connectivity index (χ2n) is 7.99. The summed E-state index contributed by atoms with van der Waals surface area (Å²) < 4.78 is 16.0. The zero-order valence-electron chi connectivity index (χ0n) is 17.5. The Labute approximate surface area is 194 Å². The maximum Gasteiger partial charge on any atom is 0.255 e. The number of pyridine rings is 1. The summed E-state index contributed by atoms with van der Waals surface area (Å²) in [5, 5.41) is 6.11. The van der Waals surface area contributed by atoms with Crippen LogP contribution in [0.15, 0.2) is 71.7 Å². The lowest BCUT2D eigenvalue weighted by atomic mass is 10.0. The number of aromatic nitrogens is 1. The minimum Gasteiger partial charge on any atom is -0.348 e. The van der Waals surface area contributed by atoms with Crippen LogP contribution in [0.2, 0.25) is 5.02 Å². The maximum absolute atomic E-state index is 14.8. The van der Waals surface area contributed by atoms with Crippen LogP contribution in [0.5, 0.6) is 0 Å². The zero-order valence-corrected chi connectivity index (χ0v) is 18.3. The Morgan fingerprint density at radius 1 is 1.06 bits per heavy atom. The number of hydrogen-bond acceptors (Lipinski definition) is 4. The molecular weight excluding hydrogens is 447 g/mol. The molecule has 1 unspecified atom stereocenters. The van der Waals surface area contributed by atoms with Gasteiger partial charge in [0.05, 0.1) is 17.2 Å². The molecule has 1 aromatic heterocycles. The fourth-order valence-corrected chi connectivity index (χ4v) is 4.15. The van der Waals surface area contributed by atoms with Crippen molar-refractivity contribution in [1.82, 2.24) is 9.88 Å². The zero-order chi connectivity index (χ0) is 23.5. The van der Waals surface area contributed by atoms with Crippen LogP contribution in [0.25, 0.3) is 5.69 Å². The summed E-state index contributed by atoms with van der Waals surface area (Å²) in [6, 6.07) is 14.4. The van der Waals surface area contributed by atoms with Crippen LogP contribution in [-0.2, 0) is 4.79 Å². The summed E-state index contributed by atoms with van der Waals surface area (Å²) >= 11 is 5.87. The lowest BCUT2D eigenvalue weighted by molar-refractivity contribution is -0.120. The van der Waals surface area contributed by atoms with Crippen LogP contribution in [0, 0.1) is 11.7 Å². The summed E-state index contributed by atoms with van der Waals surface area (Å²) in [6.07, 6.45) is 2.30. The van der Waals surface area contributed by atoms with Crippen molar-refractivity contribution in [3.63, 3.8) is 0 Å². The van der Waals surface area contributed by atoms with Crippen LogP contribution in [-0.4, -0.2) is 28.5 Å². The highest BCUT2D eigenvalue weighted by atomic mass is 35.5. The highest BCUT2D eigenvalue weighted by Crippen LogP contribution is 2.27. The topological polar surface area (TPSA) is 106 Å². The number of nitrogens with two attached hydrogens (primary N) is 1. The SMILES string of the molecule is NC1C[C@H](C(=O)Nc2ccc(Cl)cc2)[C@H](NC(=O)c2ccc(-n3ccccc3=O)cc2F)C1. The van der Waals surface area contributed by atoms with E-state index in [-0.39, 0.29) is 23.1 Å². The van der Waals surface area contributed by atoms with Gasteiger partial charge < -0.3 is 16.4 Å². The van der Waals surface area contributed by atoms with E-state index in [1.165, 1.54) is 29.0 Å². The summed E-state index contributed by atoms with van der Waals surface area (Å²) in [5.74, 6) is -2.27. The Kier molecular flexibility index (Phi) is 6.57. The van der Waals surface area contributed by atoms with Gasteiger partial charge in [0, 0.05) is 35.1 Å². The number of rotatable bonds is 5. The van der Waals surface area contributed by atoms with Gasteiger partial charge in [0.25, 0.3) is 11.5 Å². The summed E-state index contributed by atoms with van der Waals surface area (Å²) in [5.41, 5.74) is 6.44. The molecule has 4 N–H and O–H groups in total. The molecule has 1 fully saturated rings. The molecule has 3 atom stereocenters. The van der Waals surface area contributed by atoms with E-state index in [0.29, 0.717) is 29.2 Å². The molecule has 33 heavy (non-hydrogen) atoms. The van der Waals surface area contributed by atoms with Crippen LogP contribution < -0.4 is 21.9 Å². The largest absolute Gasteiger partial charge is 0.348 e. The molecule has 170 valence electrons. The molecule has 1 aliphatic rings. The van der Waals surface area contributed by atoms with Gasteiger partial charge in [-0.25, -0.2) is 4.39 Å². The Morgan fingerprint density at radius 2 is 1.82 bits per heavy atom. The monoisotopic (exact) mass is 468 g/mol. The molecule has 9 heteroatoms. The average molecular weight is 469 g/mol. The number of hydrogen-bond donors (Lipinski definition) is 3. The first-order chi connectivity index (χ1) is 15.8. The van der Waals surface area contributed by atoms with E-state index in [1.54, 1.807) is 36.4 Å². The van der Waals surface area contributed by atoms with Crippen molar-refractivity contribution in [2.75, 3.05) is 5.32 Å². The lowest BCUT2D eigenvalue weighted by Gasteiger charge is -2.21. The highest BCUT2D eigenvalue weighted by molar-refractivity contribution is 6.30. The Morgan fingerprint density at radius 3 is 2.52 bits per heavy atom. The van der Waals surface area contributed by atoms with Crippen molar-refractivity contribution in [3.8, 4) is 5.69 Å². The molecule has 0 saturated heterocycles. The van der Waals surface area contributed by atoms with Gasteiger partial charge in [-0.3, -0.25) is 19.0 Å². The van der Waals surface area contributed by atoms with Gasteiger partial charge >= 0.3 is 0 Å². The molecule has 1 heterocycles.